The third-order valence-corrected chi connectivity index (χ3v) is 2.85. The van der Waals surface area contributed by atoms with Crippen LogP contribution in [0.5, 0.6) is 0 Å². The Morgan fingerprint density at radius 2 is 2.12 bits per heavy atom. The molecule has 1 heterocycles. The van der Waals surface area contributed by atoms with Crippen LogP contribution in [0, 0.1) is 17.6 Å². The molecule has 2 rings (SSSR count). The lowest BCUT2D eigenvalue weighted by Crippen LogP contribution is -2.23. The molecule has 0 unspecified atom stereocenters. The third-order valence-electron chi connectivity index (χ3n) is 2.85. The first-order valence-electron chi connectivity index (χ1n) is 5.92. The summed E-state index contributed by atoms with van der Waals surface area (Å²) in [5.74, 6) is -0.283. The summed E-state index contributed by atoms with van der Waals surface area (Å²) in [4.78, 5) is 5.76. The van der Waals surface area contributed by atoms with Crippen molar-refractivity contribution in [3.63, 3.8) is 0 Å². The minimum atomic E-state index is -0.645. The highest BCUT2D eigenvalue weighted by Crippen LogP contribution is 2.31. The number of nitrogens with zero attached hydrogens (tertiary/aromatic N) is 2. The highest BCUT2D eigenvalue weighted by molar-refractivity contribution is 5.49. The van der Waals surface area contributed by atoms with E-state index >= 15 is 0 Å². The van der Waals surface area contributed by atoms with Gasteiger partial charge in [-0.1, -0.05) is 0 Å². The van der Waals surface area contributed by atoms with Crippen LogP contribution in [0.25, 0.3) is 0 Å². The minimum absolute atomic E-state index is 0.117. The number of hydrogen-bond acceptors (Lipinski definition) is 3. The molecule has 3 nitrogen and oxygen atoms in total. The smallest absolute Gasteiger partial charge is 0.168 e. The molecule has 0 aliphatic heterocycles. The topological polar surface area (TPSA) is 28.2 Å². The van der Waals surface area contributed by atoms with Crippen LogP contribution in [-0.2, 0) is 0 Å². The van der Waals surface area contributed by atoms with Crippen LogP contribution in [0.4, 0.5) is 20.4 Å². The second-order valence-corrected chi connectivity index (χ2v) is 4.48. The van der Waals surface area contributed by atoms with E-state index in [2.05, 4.69) is 10.3 Å². The highest BCUT2D eigenvalue weighted by atomic mass is 19.1. The Morgan fingerprint density at radius 1 is 1.41 bits per heavy atom. The summed E-state index contributed by atoms with van der Waals surface area (Å²) >= 11 is 0. The van der Waals surface area contributed by atoms with Gasteiger partial charge < -0.3 is 10.2 Å². The molecule has 0 bridgehead atoms. The lowest BCUT2D eigenvalue weighted by atomic mass is 10.3. The van der Waals surface area contributed by atoms with Crippen molar-refractivity contribution in [3.8, 4) is 0 Å². The van der Waals surface area contributed by atoms with E-state index in [1.807, 2.05) is 6.92 Å². The van der Waals surface area contributed by atoms with Crippen LogP contribution in [0.3, 0.4) is 0 Å². The fourth-order valence-corrected chi connectivity index (χ4v) is 1.79. The zero-order valence-corrected chi connectivity index (χ0v) is 10.1. The largest absolute Gasteiger partial charge is 0.368 e. The molecule has 1 aromatic rings. The highest BCUT2D eigenvalue weighted by Gasteiger charge is 2.25. The second-order valence-electron chi connectivity index (χ2n) is 4.48. The molecule has 0 radical (unpaired) electrons. The van der Waals surface area contributed by atoms with Gasteiger partial charge in [0, 0.05) is 26.2 Å². The molecule has 1 N–H and O–H groups in total. The van der Waals surface area contributed by atoms with Crippen LogP contribution < -0.4 is 10.2 Å². The van der Waals surface area contributed by atoms with Crippen molar-refractivity contribution in [2.24, 2.45) is 5.92 Å². The van der Waals surface area contributed by atoms with Gasteiger partial charge in [-0.2, -0.15) is 0 Å². The minimum Gasteiger partial charge on any atom is -0.368 e. The summed E-state index contributed by atoms with van der Waals surface area (Å²) in [6.45, 7) is 3.18. The summed E-state index contributed by atoms with van der Waals surface area (Å²) in [6, 6.07) is 0.893. The lowest BCUT2D eigenvalue weighted by Gasteiger charge is -2.19. The van der Waals surface area contributed by atoms with Gasteiger partial charge in [0.2, 0.25) is 0 Å². The van der Waals surface area contributed by atoms with E-state index in [4.69, 9.17) is 0 Å². The molecule has 0 aromatic carbocycles. The van der Waals surface area contributed by atoms with Gasteiger partial charge in [-0.15, -0.1) is 0 Å². The molecule has 0 spiro atoms. The number of hydrogen-bond donors (Lipinski definition) is 1. The fraction of sp³-hybridized carbons (Fsp3) is 0.583. The Kier molecular flexibility index (Phi) is 3.45. The maximum Gasteiger partial charge on any atom is 0.168 e. The Bertz CT molecular complexity index is 405. The van der Waals surface area contributed by atoms with Crippen LogP contribution in [0.15, 0.2) is 6.07 Å². The van der Waals surface area contributed by atoms with Gasteiger partial charge in [-0.05, 0) is 25.7 Å². The van der Waals surface area contributed by atoms with E-state index in [1.165, 1.54) is 12.8 Å². The molecule has 5 heteroatoms. The standard InChI is InChI=1S/C12H17F2N3/c1-3-15-11-9(13)6-10(14)12(16-11)17(2)7-8-4-5-8/h6,8H,3-5,7H2,1-2H3,(H,15,16). The molecule has 1 fully saturated rings. The number of pyridine rings is 1. The van der Waals surface area contributed by atoms with Crippen LogP contribution in [-0.4, -0.2) is 25.1 Å². The zero-order valence-electron chi connectivity index (χ0n) is 10.1. The van der Waals surface area contributed by atoms with Gasteiger partial charge in [-0.3, -0.25) is 0 Å². The molecule has 1 aliphatic carbocycles. The average molecular weight is 241 g/mol. The number of anilines is 2. The van der Waals surface area contributed by atoms with Crippen molar-refractivity contribution in [1.29, 1.82) is 0 Å². The molecule has 0 amide bonds. The van der Waals surface area contributed by atoms with E-state index in [0.717, 1.165) is 12.6 Å². The maximum absolute atomic E-state index is 13.6. The summed E-state index contributed by atoms with van der Waals surface area (Å²) < 4.78 is 27.0. The van der Waals surface area contributed by atoms with Gasteiger partial charge in [0.1, 0.15) is 0 Å². The molecule has 1 aliphatic rings. The van der Waals surface area contributed by atoms with Crippen molar-refractivity contribution >= 4 is 11.6 Å². The summed E-state index contributed by atoms with van der Waals surface area (Å²) in [7, 11) is 1.79. The second kappa shape index (κ2) is 4.85. The van der Waals surface area contributed by atoms with Crippen molar-refractivity contribution in [2.75, 3.05) is 30.4 Å². The van der Waals surface area contributed by atoms with Crippen LogP contribution in [0.2, 0.25) is 0 Å². The Hall–Kier alpha value is -1.39. The molecule has 17 heavy (non-hydrogen) atoms. The van der Waals surface area contributed by atoms with Crippen molar-refractivity contribution in [2.45, 2.75) is 19.8 Å². The normalized spacial score (nSPS) is 14.8. The third kappa shape index (κ3) is 2.84. The van der Waals surface area contributed by atoms with E-state index in [9.17, 15) is 8.78 Å². The van der Waals surface area contributed by atoms with Gasteiger partial charge >= 0.3 is 0 Å². The van der Waals surface area contributed by atoms with Gasteiger partial charge in [0.15, 0.2) is 23.3 Å². The molecule has 0 atom stereocenters. The molecular formula is C12H17F2N3. The van der Waals surface area contributed by atoms with Gasteiger partial charge in [0.05, 0.1) is 0 Å². The summed E-state index contributed by atoms with van der Waals surface area (Å²) in [5, 5.41) is 2.79. The monoisotopic (exact) mass is 241 g/mol. The number of halogens is 2. The van der Waals surface area contributed by atoms with Crippen molar-refractivity contribution in [3.05, 3.63) is 17.7 Å². The molecule has 1 aromatic heterocycles. The maximum atomic E-state index is 13.6. The Morgan fingerprint density at radius 3 is 2.71 bits per heavy atom. The van der Waals surface area contributed by atoms with Crippen LogP contribution >= 0.6 is 0 Å². The Labute approximate surface area is 99.8 Å². The van der Waals surface area contributed by atoms with Crippen LogP contribution in [0.1, 0.15) is 19.8 Å². The van der Waals surface area contributed by atoms with E-state index < -0.39 is 11.6 Å². The summed E-state index contributed by atoms with van der Waals surface area (Å²) in [6.07, 6.45) is 2.38. The first kappa shape index (κ1) is 12.1. The number of rotatable bonds is 5. The molecule has 1 saturated carbocycles. The molecular weight excluding hydrogens is 224 g/mol. The summed E-state index contributed by atoms with van der Waals surface area (Å²) in [5.41, 5.74) is 0. The lowest BCUT2D eigenvalue weighted by molar-refractivity contribution is 0.571. The molecule has 0 saturated heterocycles. The van der Waals surface area contributed by atoms with E-state index in [1.54, 1.807) is 11.9 Å². The zero-order chi connectivity index (χ0) is 12.4. The quantitative estimate of drug-likeness (QED) is 0.859. The van der Waals surface area contributed by atoms with Crippen molar-refractivity contribution in [1.82, 2.24) is 4.98 Å². The molecule has 94 valence electrons. The predicted molar refractivity (Wildman–Crippen MR) is 64.3 cm³/mol. The van der Waals surface area contributed by atoms with Gasteiger partial charge in [-0.25, -0.2) is 13.8 Å². The SMILES string of the molecule is CCNc1nc(N(C)CC2CC2)c(F)cc1F. The Balaban J connectivity index is 2.21. The van der Waals surface area contributed by atoms with E-state index in [-0.39, 0.29) is 11.6 Å². The number of aromatic nitrogens is 1. The average Bonchev–Trinajstić information content (AvgIpc) is 3.06. The van der Waals surface area contributed by atoms with E-state index in [0.29, 0.717) is 12.5 Å². The first-order valence-corrected chi connectivity index (χ1v) is 5.92. The van der Waals surface area contributed by atoms with Gasteiger partial charge in [0.25, 0.3) is 0 Å². The fourth-order valence-electron chi connectivity index (χ4n) is 1.79. The number of nitrogens with one attached hydrogen (secondary N) is 1. The first-order chi connectivity index (χ1) is 8.11. The predicted octanol–water partition coefficient (Wildman–Crippen LogP) is 2.64. The van der Waals surface area contributed by atoms with Crippen molar-refractivity contribution < 1.29 is 8.78 Å².